The van der Waals surface area contributed by atoms with Gasteiger partial charge in [0.1, 0.15) is 18.4 Å². The first-order valence-corrected chi connectivity index (χ1v) is 16.1. The van der Waals surface area contributed by atoms with E-state index >= 15 is 0 Å². The van der Waals surface area contributed by atoms with Crippen molar-refractivity contribution in [3.63, 3.8) is 0 Å². The molecule has 0 saturated carbocycles. The molecule has 44 heavy (non-hydrogen) atoms. The van der Waals surface area contributed by atoms with Crippen LogP contribution in [0.1, 0.15) is 25.0 Å². The SMILES string of the molecule is CC(C)NC(=O)C(Cc1ccccc1)N(Cc1ccc(F)cc1)C(=O)CN(c1cc(Cl)cc(Cl)c1)S(=O)(=O)c1ccccc1. The maximum absolute atomic E-state index is 14.4. The Balaban J connectivity index is 1.82. The summed E-state index contributed by atoms with van der Waals surface area (Å²) in [5.41, 5.74) is 1.43. The number of nitrogens with one attached hydrogen (secondary N) is 1. The van der Waals surface area contributed by atoms with Crippen LogP contribution in [-0.2, 0) is 32.6 Å². The first kappa shape index (κ1) is 33.0. The van der Waals surface area contributed by atoms with Gasteiger partial charge in [-0.2, -0.15) is 0 Å². The van der Waals surface area contributed by atoms with E-state index in [2.05, 4.69) is 5.32 Å². The number of hydrogen-bond donors (Lipinski definition) is 1. The fourth-order valence-electron chi connectivity index (χ4n) is 4.65. The Morgan fingerprint density at radius 1 is 0.818 bits per heavy atom. The normalized spacial score (nSPS) is 12.0. The summed E-state index contributed by atoms with van der Waals surface area (Å²) in [6.45, 7) is 2.86. The number of rotatable bonds is 12. The lowest BCUT2D eigenvalue weighted by molar-refractivity contribution is -0.140. The lowest BCUT2D eigenvalue weighted by atomic mass is 10.0. The van der Waals surface area contributed by atoms with Crippen LogP contribution in [0, 0.1) is 5.82 Å². The van der Waals surface area contributed by atoms with Crippen molar-refractivity contribution in [1.29, 1.82) is 0 Å². The number of sulfonamides is 1. The van der Waals surface area contributed by atoms with E-state index in [1.807, 2.05) is 30.3 Å². The van der Waals surface area contributed by atoms with E-state index in [-0.39, 0.29) is 39.6 Å². The van der Waals surface area contributed by atoms with Crippen molar-refractivity contribution in [2.24, 2.45) is 0 Å². The van der Waals surface area contributed by atoms with Crippen LogP contribution < -0.4 is 9.62 Å². The third-order valence-electron chi connectivity index (χ3n) is 6.71. The molecule has 4 aromatic rings. The average Bonchev–Trinajstić information content (AvgIpc) is 2.98. The van der Waals surface area contributed by atoms with Crippen LogP contribution in [0.4, 0.5) is 10.1 Å². The van der Waals surface area contributed by atoms with Gasteiger partial charge in [-0.3, -0.25) is 13.9 Å². The smallest absolute Gasteiger partial charge is 0.264 e. The summed E-state index contributed by atoms with van der Waals surface area (Å²) in [7, 11) is -4.30. The fourth-order valence-corrected chi connectivity index (χ4v) is 6.59. The molecule has 0 aliphatic heterocycles. The van der Waals surface area contributed by atoms with Crippen molar-refractivity contribution in [3.05, 3.63) is 130 Å². The summed E-state index contributed by atoms with van der Waals surface area (Å²) in [4.78, 5) is 29.3. The van der Waals surface area contributed by atoms with Gasteiger partial charge in [0.15, 0.2) is 0 Å². The predicted octanol–water partition coefficient (Wildman–Crippen LogP) is 6.49. The number of carbonyl (C=O) groups excluding carboxylic acids is 2. The molecule has 0 spiro atoms. The predicted molar refractivity (Wildman–Crippen MR) is 172 cm³/mol. The van der Waals surface area contributed by atoms with Crippen LogP contribution in [0.5, 0.6) is 0 Å². The molecule has 0 saturated heterocycles. The number of nitrogens with zero attached hydrogens (tertiary/aromatic N) is 2. The molecule has 7 nitrogen and oxygen atoms in total. The lowest BCUT2D eigenvalue weighted by Crippen LogP contribution is -2.54. The Morgan fingerprint density at radius 2 is 1.39 bits per heavy atom. The summed E-state index contributed by atoms with van der Waals surface area (Å²) in [6, 6.07) is 25.4. The second-order valence-corrected chi connectivity index (χ2v) is 13.2. The van der Waals surface area contributed by atoms with Gasteiger partial charge in [0, 0.05) is 29.1 Å². The van der Waals surface area contributed by atoms with Crippen LogP contribution >= 0.6 is 23.2 Å². The zero-order valence-corrected chi connectivity index (χ0v) is 26.5. The molecule has 0 bridgehead atoms. The van der Waals surface area contributed by atoms with Crippen molar-refractivity contribution in [2.75, 3.05) is 10.8 Å². The third kappa shape index (κ3) is 8.59. The Bertz CT molecular complexity index is 1670. The maximum atomic E-state index is 14.4. The summed E-state index contributed by atoms with van der Waals surface area (Å²) in [6.07, 6.45) is 0.154. The second-order valence-electron chi connectivity index (χ2n) is 10.5. The third-order valence-corrected chi connectivity index (χ3v) is 8.94. The van der Waals surface area contributed by atoms with Gasteiger partial charge in [0.05, 0.1) is 10.6 Å². The molecule has 11 heteroatoms. The molecule has 1 N–H and O–H groups in total. The molecule has 0 heterocycles. The topological polar surface area (TPSA) is 86.8 Å². The molecule has 0 aliphatic carbocycles. The molecule has 1 unspecified atom stereocenters. The number of anilines is 1. The molecule has 4 aromatic carbocycles. The molecular formula is C33H32Cl2FN3O4S. The largest absolute Gasteiger partial charge is 0.352 e. The Morgan fingerprint density at radius 3 is 1.95 bits per heavy atom. The van der Waals surface area contributed by atoms with Crippen molar-refractivity contribution >= 4 is 50.7 Å². The highest BCUT2D eigenvalue weighted by molar-refractivity contribution is 7.92. The van der Waals surface area contributed by atoms with E-state index in [9.17, 15) is 22.4 Å². The van der Waals surface area contributed by atoms with E-state index in [4.69, 9.17) is 23.2 Å². The molecule has 0 aromatic heterocycles. The van der Waals surface area contributed by atoms with Gasteiger partial charge in [-0.05, 0) is 67.4 Å². The van der Waals surface area contributed by atoms with Crippen LogP contribution in [0.15, 0.2) is 108 Å². The molecule has 0 aliphatic rings. The molecular weight excluding hydrogens is 624 g/mol. The summed E-state index contributed by atoms with van der Waals surface area (Å²) in [5.74, 6) is -1.53. The number of hydrogen-bond acceptors (Lipinski definition) is 4. The molecule has 2 amide bonds. The van der Waals surface area contributed by atoms with E-state index in [0.29, 0.717) is 5.56 Å². The number of amides is 2. The summed E-state index contributed by atoms with van der Waals surface area (Å²) in [5, 5.41) is 3.24. The monoisotopic (exact) mass is 655 g/mol. The van der Waals surface area contributed by atoms with Gasteiger partial charge in [0.2, 0.25) is 11.8 Å². The minimum absolute atomic E-state index is 0.0487. The molecule has 1 atom stereocenters. The molecule has 0 radical (unpaired) electrons. The van der Waals surface area contributed by atoms with E-state index < -0.39 is 40.2 Å². The zero-order valence-electron chi connectivity index (χ0n) is 24.2. The Kier molecular flexibility index (Phi) is 11.0. The van der Waals surface area contributed by atoms with Gasteiger partial charge < -0.3 is 10.2 Å². The first-order valence-electron chi connectivity index (χ1n) is 13.9. The van der Waals surface area contributed by atoms with Crippen molar-refractivity contribution in [2.45, 2.75) is 43.8 Å². The van der Waals surface area contributed by atoms with Crippen LogP contribution in [0.2, 0.25) is 10.0 Å². The molecule has 4 rings (SSSR count). The zero-order chi connectivity index (χ0) is 31.9. The van der Waals surface area contributed by atoms with E-state index in [0.717, 1.165) is 9.87 Å². The van der Waals surface area contributed by atoms with Crippen LogP contribution in [0.25, 0.3) is 0 Å². The summed E-state index contributed by atoms with van der Waals surface area (Å²) < 4.78 is 42.7. The maximum Gasteiger partial charge on any atom is 0.264 e. The van der Waals surface area contributed by atoms with Gasteiger partial charge in [-0.15, -0.1) is 0 Å². The van der Waals surface area contributed by atoms with Crippen LogP contribution in [-0.4, -0.2) is 43.8 Å². The van der Waals surface area contributed by atoms with Gasteiger partial charge in [0.25, 0.3) is 10.0 Å². The van der Waals surface area contributed by atoms with Crippen LogP contribution in [0.3, 0.4) is 0 Å². The van der Waals surface area contributed by atoms with E-state index in [1.165, 1.54) is 59.5 Å². The van der Waals surface area contributed by atoms with Crippen molar-refractivity contribution in [3.8, 4) is 0 Å². The van der Waals surface area contributed by atoms with Gasteiger partial charge in [-0.25, -0.2) is 12.8 Å². The fraction of sp³-hybridized carbons (Fsp3) is 0.212. The highest BCUT2D eigenvalue weighted by Gasteiger charge is 2.35. The molecule has 230 valence electrons. The van der Waals surface area contributed by atoms with Crippen molar-refractivity contribution in [1.82, 2.24) is 10.2 Å². The van der Waals surface area contributed by atoms with E-state index in [1.54, 1.807) is 32.0 Å². The summed E-state index contributed by atoms with van der Waals surface area (Å²) >= 11 is 12.5. The second kappa shape index (κ2) is 14.7. The van der Waals surface area contributed by atoms with Crippen molar-refractivity contribution < 1.29 is 22.4 Å². The quantitative estimate of drug-likeness (QED) is 0.189. The number of benzene rings is 4. The standard InChI is InChI=1S/C33H32Cl2FN3O4S/c1-23(2)37-33(41)31(17-24-9-5-3-6-10-24)38(21-25-13-15-28(36)16-14-25)32(40)22-39(29-19-26(34)18-27(35)20-29)44(42,43)30-11-7-4-8-12-30/h3-16,18-20,23,31H,17,21-22H2,1-2H3,(H,37,41). The first-order chi connectivity index (χ1) is 20.9. The Hall–Kier alpha value is -3.92. The average molecular weight is 657 g/mol. The minimum Gasteiger partial charge on any atom is -0.352 e. The lowest BCUT2D eigenvalue weighted by Gasteiger charge is -2.34. The highest BCUT2D eigenvalue weighted by Crippen LogP contribution is 2.30. The van der Waals surface area contributed by atoms with Gasteiger partial charge >= 0.3 is 0 Å². The highest BCUT2D eigenvalue weighted by atomic mass is 35.5. The number of halogens is 3. The Labute approximate surface area is 267 Å². The van der Waals surface area contributed by atoms with Gasteiger partial charge in [-0.1, -0.05) is 83.9 Å². The number of carbonyl (C=O) groups is 2. The molecule has 0 fully saturated rings. The minimum atomic E-state index is -4.30.